The van der Waals surface area contributed by atoms with E-state index in [0.29, 0.717) is 11.6 Å². The third-order valence-electron chi connectivity index (χ3n) is 6.17. The van der Waals surface area contributed by atoms with E-state index in [1.54, 1.807) is 0 Å². The number of rotatable bonds is 6. The predicted molar refractivity (Wildman–Crippen MR) is 114 cm³/mol. The van der Waals surface area contributed by atoms with Gasteiger partial charge < -0.3 is 10.2 Å². The molecule has 2 fully saturated rings. The first-order valence-electron chi connectivity index (χ1n) is 10.5. The molecule has 2 aliphatic rings. The molecule has 1 aliphatic carbocycles. The van der Waals surface area contributed by atoms with Crippen LogP contribution in [0.2, 0.25) is 0 Å². The van der Waals surface area contributed by atoms with Gasteiger partial charge in [-0.15, -0.1) is 10.2 Å². The van der Waals surface area contributed by atoms with Gasteiger partial charge in [-0.3, -0.25) is 5.10 Å². The number of hydrogen-bond donors (Lipinski definition) is 2. The van der Waals surface area contributed by atoms with E-state index in [2.05, 4.69) is 67.6 Å². The van der Waals surface area contributed by atoms with Crippen molar-refractivity contribution < 1.29 is 0 Å². The summed E-state index contributed by atoms with van der Waals surface area (Å²) in [5.74, 6) is 0.729. The molecule has 1 atom stereocenters. The van der Waals surface area contributed by atoms with Gasteiger partial charge in [0.25, 0.3) is 0 Å². The number of nitrogens with zero attached hydrogens (tertiary/aromatic N) is 5. The highest BCUT2D eigenvalue weighted by molar-refractivity contribution is 5.71. The Hall–Kier alpha value is -2.80. The highest BCUT2D eigenvalue weighted by Gasteiger charge is 2.40. The first-order chi connectivity index (χ1) is 14.1. The average Bonchev–Trinajstić information content (AvgIpc) is 3.16. The maximum Gasteiger partial charge on any atom is 0.245 e. The molecule has 1 saturated carbocycles. The fraction of sp³-hybridized carbons (Fsp3) is 0.455. The fourth-order valence-electron chi connectivity index (χ4n) is 4.15. The molecule has 0 bridgehead atoms. The summed E-state index contributed by atoms with van der Waals surface area (Å²) in [5.41, 5.74) is 5.75. The van der Waals surface area contributed by atoms with Gasteiger partial charge >= 0.3 is 0 Å². The largest absolute Gasteiger partial charge is 0.338 e. The van der Waals surface area contributed by atoms with Crippen LogP contribution in [-0.4, -0.2) is 50.0 Å². The van der Waals surface area contributed by atoms with Gasteiger partial charge in [-0.05, 0) is 43.7 Å². The molecule has 2 N–H and O–H groups in total. The third-order valence-corrected chi connectivity index (χ3v) is 6.17. The zero-order valence-electron chi connectivity index (χ0n) is 17.0. The highest BCUT2D eigenvalue weighted by Crippen LogP contribution is 2.36. The topological polar surface area (TPSA) is 82.6 Å². The van der Waals surface area contributed by atoms with Crippen LogP contribution in [0.1, 0.15) is 38.7 Å². The van der Waals surface area contributed by atoms with Crippen LogP contribution in [-0.2, 0) is 6.42 Å². The van der Waals surface area contributed by atoms with E-state index in [0.717, 1.165) is 54.3 Å². The number of benzene rings is 1. The Balaban J connectivity index is 1.32. The van der Waals surface area contributed by atoms with Gasteiger partial charge in [0, 0.05) is 42.0 Å². The lowest BCUT2D eigenvalue weighted by atomic mass is 9.98. The first-order valence-corrected chi connectivity index (χ1v) is 10.5. The Kier molecular flexibility index (Phi) is 4.54. The molecule has 0 amide bonds. The summed E-state index contributed by atoms with van der Waals surface area (Å²) in [6.45, 7) is 6.40. The predicted octanol–water partition coefficient (Wildman–Crippen LogP) is 3.21. The van der Waals surface area contributed by atoms with Gasteiger partial charge in [-0.2, -0.15) is 5.10 Å². The van der Waals surface area contributed by atoms with Gasteiger partial charge in [0.05, 0.1) is 12.4 Å². The second kappa shape index (κ2) is 7.22. The number of aromatic nitrogens is 5. The van der Waals surface area contributed by atoms with Crippen molar-refractivity contribution >= 4 is 5.95 Å². The molecule has 150 valence electrons. The second-order valence-electron chi connectivity index (χ2n) is 8.49. The van der Waals surface area contributed by atoms with Crippen LogP contribution in [0, 0.1) is 0 Å². The van der Waals surface area contributed by atoms with E-state index < -0.39 is 0 Å². The minimum absolute atomic E-state index is 0.364. The number of anilines is 1. The van der Waals surface area contributed by atoms with E-state index in [1.807, 2.05) is 18.6 Å². The van der Waals surface area contributed by atoms with Crippen molar-refractivity contribution in [3.05, 3.63) is 42.4 Å². The first kappa shape index (κ1) is 18.2. The summed E-state index contributed by atoms with van der Waals surface area (Å²) in [7, 11) is 0. The lowest BCUT2D eigenvalue weighted by Gasteiger charge is -2.19. The van der Waals surface area contributed by atoms with Crippen molar-refractivity contribution in [3.8, 4) is 22.4 Å². The molecule has 1 saturated heterocycles. The van der Waals surface area contributed by atoms with Crippen LogP contribution in [0.5, 0.6) is 0 Å². The average molecular weight is 390 g/mol. The molecular formula is C22H27N7. The van der Waals surface area contributed by atoms with Crippen molar-refractivity contribution in [2.45, 2.75) is 51.1 Å². The number of aryl methyl sites for hydroxylation is 1. The minimum Gasteiger partial charge on any atom is -0.338 e. The smallest absolute Gasteiger partial charge is 0.245 e. The van der Waals surface area contributed by atoms with E-state index in [4.69, 9.17) is 0 Å². The van der Waals surface area contributed by atoms with Crippen molar-refractivity contribution in [3.63, 3.8) is 0 Å². The van der Waals surface area contributed by atoms with E-state index in [1.165, 1.54) is 18.4 Å². The Labute approximate surface area is 171 Å². The van der Waals surface area contributed by atoms with Crippen molar-refractivity contribution in [2.24, 2.45) is 0 Å². The molecule has 7 heteroatoms. The molecule has 29 heavy (non-hydrogen) atoms. The molecule has 5 rings (SSSR count). The maximum atomic E-state index is 4.64. The molecule has 3 heterocycles. The normalized spacial score (nSPS) is 20.2. The molecule has 1 unspecified atom stereocenters. The molecule has 3 aromatic rings. The lowest BCUT2D eigenvalue weighted by molar-refractivity contribution is 0.455. The molecule has 2 aromatic heterocycles. The monoisotopic (exact) mass is 389 g/mol. The van der Waals surface area contributed by atoms with Gasteiger partial charge in [0.15, 0.2) is 0 Å². The molecule has 0 radical (unpaired) electrons. The third kappa shape index (κ3) is 3.74. The number of nitrogens with one attached hydrogen (secondary N) is 2. The zero-order chi connectivity index (χ0) is 19.8. The van der Waals surface area contributed by atoms with E-state index in [9.17, 15) is 0 Å². The SMILES string of the molecule is CCc1cc(-c2cn[nH]c2)ccc1-c1cnc(N2CCC(NC3(C)CC3)C2)nn1. The van der Waals surface area contributed by atoms with Crippen LogP contribution in [0.25, 0.3) is 22.4 Å². The van der Waals surface area contributed by atoms with Crippen LogP contribution in [0.4, 0.5) is 5.95 Å². The number of aromatic amines is 1. The Morgan fingerprint density at radius 3 is 2.79 bits per heavy atom. The quantitative estimate of drug-likeness (QED) is 0.674. The van der Waals surface area contributed by atoms with Crippen LogP contribution in [0.3, 0.4) is 0 Å². The molecular weight excluding hydrogens is 362 g/mol. The van der Waals surface area contributed by atoms with Crippen LogP contribution < -0.4 is 10.2 Å². The van der Waals surface area contributed by atoms with Crippen molar-refractivity contribution in [2.75, 3.05) is 18.0 Å². The standard InChI is InChI=1S/C22H27N7/c1-3-15-10-16(17-11-24-25-12-17)4-5-19(15)20-13-23-21(28-27-20)29-9-6-18(14-29)26-22(2)7-8-22/h4-5,10-13,18,26H,3,6-9,14H2,1-2H3,(H,24,25). The van der Waals surface area contributed by atoms with Crippen molar-refractivity contribution in [1.82, 2.24) is 30.7 Å². The Morgan fingerprint density at radius 1 is 1.21 bits per heavy atom. The minimum atomic E-state index is 0.364. The fourth-order valence-corrected chi connectivity index (χ4v) is 4.15. The Bertz CT molecular complexity index is 977. The molecule has 7 nitrogen and oxygen atoms in total. The summed E-state index contributed by atoms with van der Waals surface area (Å²) in [6, 6.07) is 6.93. The van der Waals surface area contributed by atoms with Gasteiger partial charge in [-0.25, -0.2) is 4.98 Å². The lowest BCUT2D eigenvalue weighted by Crippen LogP contribution is -2.40. The highest BCUT2D eigenvalue weighted by atomic mass is 15.3. The molecule has 0 spiro atoms. The number of hydrogen-bond acceptors (Lipinski definition) is 6. The molecule has 1 aromatic carbocycles. The second-order valence-corrected chi connectivity index (χ2v) is 8.49. The van der Waals surface area contributed by atoms with Gasteiger partial charge in [0.2, 0.25) is 5.95 Å². The van der Waals surface area contributed by atoms with Gasteiger partial charge in [-0.1, -0.05) is 25.1 Å². The summed E-state index contributed by atoms with van der Waals surface area (Å²) < 4.78 is 0. The Morgan fingerprint density at radius 2 is 2.10 bits per heavy atom. The van der Waals surface area contributed by atoms with Crippen LogP contribution in [0.15, 0.2) is 36.8 Å². The summed E-state index contributed by atoms with van der Waals surface area (Å²) in [4.78, 5) is 6.88. The van der Waals surface area contributed by atoms with E-state index in [-0.39, 0.29) is 0 Å². The summed E-state index contributed by atoms with van der Waals surface area (Å²) >= 11 is 0. The zero-order valence-corrected chi connectivity index (χ0v) is 17.0. The summed E-state index contributed by atoms with van der Waals surface area (Å²) in [5, 5.41) is 19.7. The van der Waals surface area contributed by atoms with Crippen molar-refractivity contribution in [1.29, 1.82) is 0 Å². The maximum absolute atomic E-state index is 4.64. The number of H-pyrrole nitrogens is 1. The van der Waals surface area contributed by atoms with Crippen LogP contribution >= 0.6 is 0 Å². The molecule has 1 aliphatic heterocycles. The summed E-state index contributed by atoms with van der Waals surface area (Å²) in [6.07, 6.45) is 10.2. The van der Waals surface area contributed by atoms with E-state index >= 15 is 0 Å². The van der Waals surface area contributed by atoms with Gasteiger partial charge in [0.1, 0.15) is 5.69 Å².